The molecule has 1 heterocycles. The van der Waals surface area contributed by atoms with Crippen LogP contribution in [0.5, 0.6) is 0 Å². The molecule has 0 bridgehead atoms. The quantitative estimate of drug-likeness (QED) is 0.585. The topological polar surface area (TPSA) is 69.5 Å². The summed E-state index contributed by atoms with van der Waals surface area (Å²) < 4.78 is 0. The second-order valence-corrected chi connectivity index (χ2v) is 2.57. The molecule has 5 heteroatoms. The fourth-order valence-corrected chi connectivity index (χ4v) is 0.747. The number of aromatic nitrogens is 2. The van der Waals surface area contributed by atoms with E-state index in [9.17, 15) is 0 Å². The van der Waals surface area contributed by atoms with Crippen LogP contribution in [0.3, 0.4) is 0 Å². The second kappa shape index (κ2) is 3.46. The lowest BCUT2D eigenvalue weighted by atomic mass is 10.4. The van der Waals surface area contributed by atoms with Crippen molar-refractivity contribution >= 4 is 5.82 Å². The molecule has 2 N–H and O–H groups in total. The van der Waals surface area contributed by atoms with Crippen molar-refractivity contribution in [1.82, 2.24) is 9.97 Å². The van der Waals surface area contributed by atoms with Gasteiger partial charge in [-0.05, 0) is 0 Å². The molecule has 66 valence electrons. The molecule has 0 atom stereocenters. The predicted molar refractivity (Wildman–Crippen MR) is 43.5 cm³/mol. The summed E-state index contributed by atoms with van der Waals surface area (Å²) >= 11 is 0. The summed E-state index contributed by atoms with van der Waals surface area (Å²) in [5.41, 5.74) is 0.203. The molecular weight excluding hydrogens is 158 g/mol. The molecule has 0 amide bonds. The van der Waals surface area contributed by atoms with Crippen LogP contribution < -0.4 is 4.90 Å². The van der Waals surface area contributed by atoms with E-state index in [-0.39, 0.29) is 5.69 Å². The summed E-state index contributed by atoms with van der Waals surface area (Å²) in [6.45, 7) is 0. The van der Waals surface area contributed by atoms with Gasteiger partial charge in [0.25, 0.3) is 0 Å². The lowest BCUT2D eigenvalue weighted by Crippen LogP contribution is -2.12. The van der Waals surface area contributed by atoms with E-state index >= 15 is 0 Å². The van der Waals surface area contributed by atoms with Gasteiger partial charge in [-0.25, -0.2) is 9.97 Å². The number of rotatable bonds is 2. The maximum absolute atomic E-state index is 8.78. The molecule has 12 heavy (non-hydrogen) atoms. The summed E-state index contributed by atoms with van der Waals surface area (Å²) in [7, 11) is 3.63. The van der Waals surface area contributed by atoms with Crippen LogP contribution >= 0.6 is 0 Å². The average Bonchev–Trinajstić information content (AvgIpc) is 2.04. The highest BCUT2D eigenvalue weighted by molar-refractivity contribution is 5.36. The van der Waals surface area contributed by atoms with Crippen LogP contribution in [0.15, 0.2) is 12.4 Å². The number of nitrogens with zero attached hydrogens (tertiary/aromatic N) is 3. The van der Waals surface area contributed by atoms with Gasteiger partial charge in [0.05, 0.1) is 0 Å². The lowest BCUT2D eigenvalue weighted by Gasteiger charge is -2.11. The molecule has 0 aliphatic rings. The zero-order valence-corrected chi connectivity index (χ0v) is 6.97. The highest BCUT2D eigenvalue weighted by atomic mass is 16.5. The van der Waals surface area contributed by atoms with E-state index in [1.54, 1.807) is 4.90 Å². The molecule has 0 aromatic carbocycles. The first kappa shape index (κ1) is 8.89. The van der Waals surface area contributed by atoms with Gasteiger partial charge in [-0.1, -0.05) is 0 Å². The van der Waals surface area contributed by atoms with Gasteiger partial charge in [-0.2, -0.15) is 0 Å². The van der Waals surface area contributed by atoms with Crippen molar-refractivity contribution in [1.29, 1.82) is 0 Å². The maximum Gasteiger partial charge on any atom is 0.196 e. The first-order chi connectivity index (χ1) is 5.61. The van der Waals surface area contributed by atoms with Crippen molar-refractivity contribution in [2.75, 3.05) is 19.0 Å². The monoisotopic (exact) mass is 169 g/mol. The van der Waals surface area contributed by atoms with Crippen molar-refractivity contribution in [3.05, 3.63) is 18.1 Å². The van der Waals surface area contributed by atoms with Gasteiger partial charge in [0.1, 0.15) is 17.8 Å². The minimum Gasteiger partial charge on any atom is -0.363 e. The van der Waals surface area contributed by atoms with Crippen molar-refractivity contribution in [3.8, 4) is 0 Å². The van der Waals surface area contributed by atoms with Gasteiger partial charge in [-0.3, -0.25) is 0 Å². The second-order valence-electron chi connectivity index (χ2n) is 2.57. The maximum atomic E-state index is 8.78. The smallest absolute Gasteiger partial charge is 0.196 e. The van der Waals surface area contributed by atoms with Crippen LogP contribution in [-0.2, 0) is 0 Å². The number of aliphatic hydroxyl groups is 2. The van der Waals surface area contributed by atoms with Crippen LogP contribution in [0.1, 0.15) is 12.0 Å². The van der Waals surface area contributed by atoms with E-state index in [2.05, 4.69) is 9.97 Å². The Morgan fingerprint density at radius 2 is 2.00 bits per heavy atom. The Balaban J connectivity index is 2.96. The SMILES string of the molecule is CN(C)c1cc(C(O)O)ncn1. The van der Waals surface area contributed by atoms with Gasteiger partial charge >= 0.3 is 0 Å². The van der Waals surface area contributed by atoms with E-state index in [0.29, 0.717) is 5.82 Å². The van der Waals surface area contributed by atoms with Gasteiger partial charge < -0.3 is 15.1 Å². The molecule has 0 fully saturated rings. The van der Waals surface area contributed by atoms with Crippen molar-refractivity contribution in [3.63, 3.8) is 0 Å². The van der Waals surface area contributed by atoms with Crippen LogP contribution in [0.25, 0.3) is 0 Å². The van der Waals surface area contributed by atoms with Gasteiger partial charge in [-0.15, -0.1) is 0 Å². The summed E-state index contributed by atoms with van der Waals surface area (Å²) in [5.74, 6) is 0.646. The van der Waals surface area contributed by atoms with Crippen LogP contribution in [0.4, 0.5) is 5.82 Å². The molecular formula is C7H11N3O2. The highest BCUT2D eigenvalue weighted by Crippen LogP contribution is 2.11. The molecule has 0 spiro atoms. The predicted octanol–water partition coefficient (Wildman–Crippen LogP) is -0.474. The molecule has 0 aliphatic carbocycles. The third kappa shape index (κ3) is 1.90. The van der Waals surface area contributed by atoms with E-state index in [4.69, 9.17) is 10.2 Å². The normalized spacial score (nSPS) is 10.4. The highest BCUT2D eigenvalue weighted by Gasteiger charge is 2.05. The summed E-state index contributed by atoms with van der Waals surface area (Å²) in [6.07, 6.45) is -0.240. The zero-order valence-electron chi connectivity index (χ0n) is 6.97. The molecule has 1 aromatic heterocycles. The fraction of sp³-hybridized carbons (Fsp3) is 0.429. The first-order valence-corrected chi connectivity index (χ1v) is 3.46. The van der Waals surface area contributed by atoms with Gasteiger partial charge in [0, 0.05) is 20.2 Å². The molecule has 0 saturated carbocycles. The Hall–Kier alpha value is -1.20. The summed E-state index contributed by atoms with van der Waals surface area (Å²) in [5, 5.41) is 17.6. The fourth-order valence-electron chi connectivity index (χ4n) is 0.747. The third-order valence-electron chi connectivity index (χ3n) is 1.40. The molecule has 0 saturated heterocycles. The number of anilines is 1. The lowest BCUT2D eigenvalue weighted by molar-refractivity contribution is -0.0458. The molecule has 5 nitrogen and oxygen atoms in total. The standard InChI is InChI=1S/C7H11N3O2/c1-10(2)6-3-5(7(11)12)8-4-9-6/h3-4,7,11-12H,1-2H3. The van der Waals surface area contributed by atoms with Gasteiger partial charge in [0.2, 0.25) is 0 Å². The minimum absolute atomic E-state index is 0.203. The summed E-state index contributed by atoms with van der Waals surface area (Å²) in [6, 6.07) is 1.52. The van der Waals surface area contributed by atoms with Crippen LogP contribution in [0.2, 0.25) is 0 Å². The Morgan fingerprint density at radius 1 is 1.33 bits per heavy atom. The van der Waals surface area contributed by atoms with E-state index in [1.165, 1.54) is 12.4 Å². The zero-order chi connectivity index (χ0) is 9.14. The van der Waals surface area contributed by atoms with E-state index < -0.39 is 6.29 Å². The Labute approximate surface area is 70.3 Å². The number of hydrogen-bond donors (Lipinski definition) is 2. The van der Waals surface area contributed by atoms with Gasteiger partial charge in [0.15, 0.2) is 6.29 Å². The van der Waals surface area contributed by atoms with Crippen molar-refractivity contribution in [2.24, 2.45) is 0 Å². The Bertz CT molecular complexity index is 239. The first-order valence-electron chi connectivity index (χ1n) is 3.46. The number of hydrogen-bond acceptors (Lipinski definition) is 5. The van der Waals surface area contributed by atoms with Crippen molar-refractivity contribution in [2.45, 2.75) is 6.29 Å². The van der Waals surface area contributed by atoms with E-state index in [1.807, 2.05) is 14.1 Å². The minimum atomic E-state index is -1.54. The summed E-state index contributed by atoms with van der Waals surface area (Å²) in [4.78, 5) is 9.35. The number of aliphatic hydroxyl groups excluding tert-OH is 1. The molecule has 0 radical (unpaired) electrons. The van der Waals surface area contributed by atoms with Crippen LogP contribution in [-0.4, -0.2) is 34.3 Å². The molecule has 1 rings (SSSR count). The largest absolute Gasteiger partial charge is 0.363 e. The Morgan fingerprint density at radius 3 is 2.50 bits per heavy atom. The molecule has 0 unspecified atom stereocenters. The Kier molecular flexibility index (Phi) is 2.57. The molecule has 0 aliphatic heterocycles. The molecule has 1 aromatic rings. The van der Waals surface area contributed by atoms with E-state index in [0.717, 1.165) is 0 Å². The average molecular weight is 169 g/mol. The van der Waals surface area contributed by atoms with Crippen molar-refractivity contribution < 1.29 is 10.2 Å². The third-order valence-corrected chi connectivity index (χ3v) is 1.40. The van der Waals surface area contributed by atoms with Crippen LogP contribution in [0, 0.1) is 0 Å².